The maximum atomic E-state index is 15.0. The molecule has 4 rings (SSSR count). The van der Waals surface area contributed by atoms with Crippen LogP contribution in [0.3, 0.4) is 0 Å². The number of benzene rings is 2. The van der Waals surface area contributed by atoms with E-state index in [1.165, 1.54) is 10.9 Å². The minimum absolute atomic E-state index is 0.142. The van der Waals surface area contributed by atoms with Crippen LogP contribution in [0, 0.1) is 5.82 Å². The van der Waals surface area contributed by atoms with Gasteiger partial charge in [0.2, 0.25) is 0 Å². The van der Waals surface area contributed by atoms with E-state index in [9.17, 15) is 9.18 Å². The Labute approximate surface area is 187 Å². The van der Waals surface area contributed by atoms with Crippen LogP contribution in [0.5, 0.6) is 0 Å². The predicted molar refractivity (Wildman–Crippen MR) is 125 cm³/mol. The summed E-state index contributed by atoms with van der Waals surface area (Å²) in [5, 5.41) is 3.92. The summed E-state index contributed by atoms with van der Waals surface area (Å²) >= 11 is 1.58. The molecule has 0 aliphatic carbocycles. The third-order valence-corrected chi connectivity index (χ3v) is 7.03. The number of aryl methyl sites for hydroxylation is 1. The van der Waals surface area contributed by atoms with Gasteiger partial charge in [0.05, 0.1) is 6.04 Å². The number of rotatable bonds is 6. The van der Waals surface area contributed by atoms with Crippen molar-refractivity contribution in [2.45, 2.75) is 19.4 Å². The smallest absolute Gasteiger partial charge is 0.256 e. The van der Waals surface area contributed by atoms with E-state index >= 15 is 0 Å². The van der Waals surface area contributed by atoms with Gasteiger partial charge in [-0.1, -0.05) is 43.3 Å². The number of nitrogens with zero attached hydrogens (tertiary/aromatic N) is 2. The van der Waals surface area contributed by atoms with E-state index in [2.05, 4.69) is 35.2 Å². The van der Waals surface area contributed by atoms with E-state index in [0.717, 1.165) is 43.2 Å². The van der Waals surface area contributed by atoms with Crippen molar-refractivity contribution < 1.29 is 9.18 Å². The summed E-state index contributed by atoms with van der Waals surface area (Å²) in [6.07, 6.45) is 0.867. The lowest BCUT2D eigenvalue weighted by atomic mass is 9.96. The minimum atomic E-state index is -0.238. The number of nitrogens with one attached hydrogen (secondary N) is 1. The van der Waals surface area contributed by atoms with Crippen molar-refractivity contribution in [3.05, 3.63) is 88.0 Å². The van der Waals surface area contributed by atoms with Crippen molar-refractivity contribution in [2.75, 3.05) is 38.5 Å². The number of hydrogen-bond donors (Lipinski definition) is 1. The first kappa shape index (κ1) is 21.7. The molecule has 1 unspecified atom stereocenters. The van der Waals surface area contributed by atoms with Crippen LogP contribution in [0.4, 0.5) is 9.39 Å². The molecule has 1 amide bonds. The maximum absolute atomic E-state index is 15.0. The summed E-state index contributed by atoms with van der Waals surface area (Å²) in [7, 11) is 2.11. The van der Waals surface area contributed by atoms with E-state index in [-0.39, 0.29) is 17.8 Å². The molecule has 4 nitrogen and oxygen atoms in total. The lowest BCUT2D eigenvalue weighted by molar-refractivity contribution is 0.102. The highest BCUT2D eigenvalue weighted by atomic mass is 32.1. The van der Waals surface area contributed by atoms with Gasteiger partial charge in [0.25, 0.3) is 5.91 Å². The van der Waals surface area contributed by atoms with Gasteiger partial charge in [0, 0.05) is 47.7 Å². The lowest BCUT2D eigenvalue weighted by Gasteiger charge is -2.38. The molecule has 1 aromatic heterocycles. The number of piperazine rings is 1. The molecule has 31 heavy (non-hydrogen) atoms. The zero-order valence-corrected chi connectivity index (χ0v) is 18.8. The van der Waals surface area contributed by atoms with Crippen molar-refractivity contribution >= 4 is 22.2 Å². The molecule has 1 atom stereocenters. The number of carbonyl (C=O) groups is 1. The molecule has 2 aromatic carbocycles. The summed E-state index contributed by atoms with van der Waals surface area (Å²) in [5.74, 6) is -0.354. The third-order valence-electron chi connectivity index (χ3n) is 5.82. The Morgan fingerprint density at radius 3 is 2.39 bits per heavy atom. The molecule has 162 valence electrons. The molecule has 0 spiro atoms. The average molecular weight is 438 g/mol. The standard InChI is InChI=1S/C25H28FN3OS/c1-3-19-17-21(25(31-19)27-24(30)18-9-5-4-6-10-18)23(20-11-7-8-12-22(20)26)29-15-13-28(2)14-16-29/h4-12,17,23H,3,13-16H2,1-2H3,(H,27,30). The second-order valence-electron chi connectivity index (χ2n) is 7.93. The monoisotopic (exact) mass is 437 g/mol. The first-order valence-corrected chi connectivity index (χ1v) is 11.5. The summed E-state index contributed by atoms with van der Waals surface area (Å²) in [4.78, 5) is 18.7. The predicted octanol–water partition coefficient (Wildman–Crippen LogP) is 5.04. The lowest BCUT2D eigenvalue weighted by Crippen LogP contribution is -2.46. The van der Waals surface area contributed by atoms with Gasteiger partial charge in [-0.25, -0.2) is 4.39 Å². The Morgan fingerprint density at radius 2 is 1.71 bits per heavy atom. The van der Waals surface area contributed by atoms with Crippen molar-refractivity contribution in [2.24, 2.45) is 0 Å². The number of halogens is 1. The minimum Gasteiger partial charge on any atom is -0.313 e. The van der Waals surface area contributed by atoms with Gasteiger partial charge < -0.3 is 10.2 Å². The Hall–Kier alpha value is -2.54. The Balaban J connectivity index is 1.75. The van der Waals surface area contributed by atoms with Gasteiger partial charge in [-0.05, 0) is 37.7 Å². The molecule has 1 saturated heterocycles. The van der Waals surface area contributed by atoms with Crippen LogP contribution in [0.2, 0.25) is 0 Å². The van der Waals surface area contributed by atoms with Gasteiger partial charge in [-0.2, -0.15) is 0 Å². The van der Waals surface area contributed by atoms with Gasteiger partial charge in [0.1, 0.15) is 10.8 Å². The van der Waals surface area contributed by atoms with Crippen LogP contribution in [0.15, 0.2) is 60.7 Å². The van der Waals surface area contributed by atoms with Crippen LogP contribution >= 0.6 is 11.3 Å². The Kier molecular flexibility index (Phi) is 6.80. The second-order valence-corrected chi connectivity index (χ2v) is 9.07. The van der Waals surface area contributed by atoms with Crippen molar-refractivity contribution in [3.8, 4) is 0 Å². The Bertz CT molecular complexity index is 1030. The van der Waals surface area contributed by atoms with E-state index in [1.807, 2.05) is 30.3 Å². The molecule has 0 radical (unpaired) electrons. The maximum Gasteiger partial charge on any atom is 0.256 e. The SMILES string of the molecule is CCc1cc(C(c2ccccc2F)N2CCN(C)CC2)c(NC(=O)c2ccccc2)s1. The first-order valence-electron chi connectivity index (χ1n) is 10.7. The summed E-state index contributed by atoms with van der Waals surface area (Å²) < 4.78 is 15.0. The van der Waals surface area contributed by atoms with Crippen LogP contribution in [0.25, 0.3) is 0 Å². The zero-order chi connectivity index (χ0) is 21.8. The molecule has 0 saturated carbocycles. The number of amides is 1. The molecule has 1 aliphatic rings. The van der Waals surface area contributed by atoms with Gasteiger partial charge in [-0.15, -0.1) is 11.3 Å². The van der Waals surface area contributed by atoms with Crippen molar-refractivity contribution in [1.29, 1.82) is 0 Å². The fraction of sp³-hybridized carbons (Fsp3) is 0.320. The first-order chi connectivity index (χ1) is 15.1. The normalized spacial score (nSPS) is 16.2. The van der Waals surface area contributed by atoms with Gasteiger partial charge in [-0.3, -0.25) is 9.69 Å². The molecule has 1 aliphatic heterocycles. The Morgan fingerprint density at radius 1 is 1.03 bits per heavy atom. The summed E-state index contributed by atoms with van der Waals surface area (Å²) in [5.41, 5.74) is 2.24. The molecular formula is C25H28FN3OS. The topological polar surface area (TPSA) is 35.6 Å². The highest BCUT2D eigenvalue weighted by Gasteiger charge is 2.31. The zero-order valence-electron chi connectivity index (χ0n) is 18.0. The van der Waals surface area contributed by atoms with Gasteiger partial charge in [0.15, 0.2) is 0 Å². The van der Waals surface area contributed by atoms with E-state index in [0.29, 0.717) is 11.1 Å². The van der Waals surface area contributed by atoms with Crippen LogP contribution < -0.4 is 5.32 Å². The summed E-state index contributed by atoms with van der Waals surface area (Å²) in [6, 6.07) is 18.1. The third kappa shape index (κ3) is 4.87. The number of hydrogen-bond acceptors (Lipinski definition) is 4. The molecular weight excluding hydrogens is 409 g/mol. The number of anilines is 1. The van der Waals surface area contributed by atoms with E-state index in [4.69, 9.17) is 0 Å². The highest BCUT2D eigenvalue weighted by molar-refractivity contribution is 7.16. The number of likely N-dealkylation sites (N-methyl/N-ethyl adjacent to an activating group) is 1. The quantitative estimate of drug-likeness (QED) is 0.587. The molecule has 1 N–H and O–H groups in total. The fourth-order valence-corrected chi connectivity index (χ4v) is 5.06. The number of carbonyl (C=O) groups excluding carboxylic acids is 1. The second kappa shape index (κ2) is 9.73. The van der Waals surface area contributed by atoms with Crippen molar-refractivity contribution in [3.63, 3.8) is 0 Å². The van der Waals surface area contributed by atoms with Crippen LogP contribution in [-0.2, 0) is 6.42 Å². The highest BCUT2D eigenvalue weighted by Crippen LogP contribution is 2.40. The molecule has 6 heteroatoms. The molecule has 0 bridgehead atoms. The fourth-order valence-electron chi connectivity index (χ4n) is 4.04. The average Bonchev–Trinajstić information content (AvgIpc) is 3.19. The number of thiophene rings is 1. The van der Waals surface area contributed by atoms with Crippen LogP contribution in [0.1, 0.15) is 39.3 Å². The van der Waals surface area contributed by atoms with Gasteiger partial charge >= 0.3 is 0 Å². The molecule has 2 heterocycles. The van der Waals surface area contributed by atoms with Crippen molar-refractivity contribution in [1.82, 2.24) is 9.80 Å². The van der Waals surface area contributed by atoms with E-state index < -0.39 is 0 Å². The largest absolute Gasteiger partial charge is 0.313 e. The summed E-state index contributed by atoms with van der Waals surface area (Å²) in [6.45, 7) is 5.66. The molecule has 3 aromatic rings. The van der Waals surface area contributed by atoms with E-state index in [1.54, 1.807) is 29.5 Å². The molecule has 1 fully saturated rings. The van der Waals surface area contributed by atoms with Crippen LogP contribution in [-0.4, -0.2) is 48.9 Å².